The van der Waals surface area contributed by atoms with Crippen molar-refractivity contribution >= 4 is 23.0 Å². The first-order chi connectivity index (χ1) is 8.18. The smallest absolute Gasteiger partial charge is 0.330 e. The number of halogens is 1. The number of benzene rings is 1. The number of carbonyl (C=O) groups is 1. The van der Waals surface area contributed by atoms with Crippen molar-refractivity contribution in [3.63, 3.8) is 0 Å². The number of aliphatic carboxylic acids is 1. The maximum absolute atomic E-state index is 13.4. The van der Waals surface area contributed by atoms with Crippen molar-refractivity contribution in [2.75, 3.05) is 5.32 Å². The second-order valence-corrected chi connectivity index (χ2v) is 4.23. The van der Waals surface area contributed by atoms with Crippen molar-refractivity contribution in [2.24, 2.45) is 0 Å². The third-order valence-corrected chi connectivity index (χ3v) is 3.00. The van der Waals surface area contributed by atoms with Crippen LogP contribution in [-0.4, -0.2) is 11.1 Å². The summed E-state index contributed by atoms with van der Waals surface area (Å²) in [5.41, 5.74) is 0.803. The average Bonchev–Trinajstić information content (AvgIpc) is 2.81. The topological polar surface area (TPSA) is 49.3 Å². The van der Waals surface area contributed by atoms with Crippen LogP contribution in [0.4, 0.5) is 10.1 Å². The molecule has 1 atom stereocenters. The molecule has 1 heterocycles. The van der Waals surface area contributed by atoms with E-state index in [1.54, 1.807) is 29.0 Å². The van der Waals surface area contributed by atoms with Crippen LogP contribution >= 0.6 is 11.3 Å². The van der Waals surface area contributed by atoms with Gasteiger partial charge >= 0.3 is 5.97 Å². The largest absolute Gasteiger partial charge is 0.479 e. The molecule has 17 heavy (non-hydrogen) atoms. The quantitative estimate of drug-likeness (QED) is 0.877. The van der Waals surface area contributed by atoms with E-state index in [2.05, 4.69) is 5.32 Å². The predicted molar refractivity (Wildman–Crippen MR) is 64.7 cm³/mol. The third-order valence-electron chi connectivity index (χ3n) is 2.30. The maximum Gasteiger partial charge on any atom is 0.330 e. The molecule has 2 rings (SSSR count). The number of carboxylic acid groups (broad SMARTS) is 1. The van der Waals surface area contributed by atoms with Crippen LogP contribution < -0.4 is 5.32 Å². The molecule has 0 bridgehead atoms. The van der Waals surface area contributed by atoms with Crippen LogP contribution in [0.25, 0.3) is 0 Å². The highest BCUT2D eigenvalue weighted by atomic mass is 32.1. The second kappa shape index (κ2) is 4.97. The van der Waals surface area contributed by atoms with Gasteiger partial charge in [0.1, 0.15) is 5.82 Å². The molecular formula is C12H10FNO2S. The van der Waals surface area contributed by atoms with Gasteiger partial charge in [-0.3, -0.25) is 0 Å². The zero-order chi connectivity index (χ0) is 12.3. The molecule has 0 radical (unpaired) electrons. The molecule has 1 unspecified atom stereocenters. The summed E-state index contributed by atoms with van der Waals surface area (Å²) in [6.07, 6.45) is 0. The van der Waals surface area contributed by atoms with E-state index >= 15 is 0 Å². The number of carboxylic acids is 1. The van der Waals surface area contributed by atoms with E-state index in [0.717, 1.165) is 0 Å². The molecule has 0 amide bonds. The molecular weight excluding hydrogens is 241 g/mol. The Bertz CT molecular complexity index is 513. The number of para-hydroxylation sites is 1. The van der Waals surface area contributed by atoms with Gasteiger partial charge in [-0.15, -0.1) is 0 Å². The van der Waals surface area contributed by atoms with Crippen LogP contribution in [0, 0.1) is 5.82 Å². The van der Waals surface area contributed by atoms with Gasteiger partial charge in [0.05, 0.1) is 5.69 Å². The van der Waals surface area contributed by atoms with Gasteiger partial charge in [0.2, 0.25) is 0 Å². The van der Waals surface area contributed by atoms with Crippen LogP contribution in [0.3, 0.4) is 0 Å². The van der Waals surface area contributed by atoms with E-state index in [1.165, 1.54) is 23.5 Å². The molecule has 0 aliphatic heterocycles. The van der Waals surface area contributed by atoms with E-state index in [1.807, 2.05) is 0 Å². The highest BCUT2D eigenvalue weighted by Gasteiger charge is 2.20. The fourth-order valence-corrected chi connectivity index (χ4v) is 2.15. The lowest BCUT2D eigenvalue weighted by Gasteiger charge is -2.15. The lowest BCUT2D eigenvalue weighted by Crippen LogP contribution is -2.20. The lowest BCUT2D eigenvalue weighted by molar-refractivity contribution is -0.138. The Morgan fingerprint density at radius 2 is 2.12 bits per heavy atom. The molecule has 0 spiro atoms. The van der Waals surface area contributed by atoms with Crippen LogP contribution in [0.2, 0.25) is 0 Å². The SMILES string of the molecule is O=C(O)C(Nc1ccccc1F)c1ccsc1. The average molecular weight is 251 g/mol. The van der Waals surface area contributed by atoms with Gasteiger partial charge in [0.25, 0.3) is 0 Å². The summed E-state index contributed by atoms with van der Waals surface area (Å²) in [5, 5.41) is 15.3. The molecule has 0 aliphatic rings. The molecule has 0 aliphatic carbocycles. The second-order valence-electron chi connectivity index (χ2n) is 3.45. The number of rotatable bonds is 4. The zero-order valence-corrected chi connectivity index (χ0v) is 9.58. The molecule has 0 saturated carbocycles. The minimum absolute atomic E-state index is 0.186. The Hall–Kier alpha value is -1.88. The molecule has 0 fully saturated rings. The first-order valence-corrected chi connectivity index (χ1v) is 5.88. The molecule has 5 heteroatoms. The number of hydrogen-bond acceptors (Lipinski definition) is 3. The van der Waals surface area contributed by atoms with Gasteiger partial charge in [0.15, 0.2) is 6.04 Å². The minimum Gasteiger partial charge on any atom is -0.479 e. The van der Waals surface area contributed by atoms with E-state index in [0.29, 0.717) is 5.56 Å². The highest BCUT2D eigenvalue weighted by Crippen LogP contribution is 2.23. The Balaban J connectivity index is 2.26. The molecule has 2 aromatic rings. The first kappa shape index (κ1) is 11.6. The Morgan fingerprint density at radius 3 is 2.71 bits per heavy atom. The van der Waals surface area contributed by atoms with Gasteiger partial charge in [-0.2, -0.15) is 11.3 Å². The van der Waals surface area contributed by atoms with Crippen molar-refractivity contribution in [3.05, 3.63) is 52.5 Å². The predicted octanol–water partition coefficient (Wildman–Crippen LogP) is 3.13. The van der Waals surface area contributed by atoms with E-state index < -0.39 is 17.8 Å². The van der Waals surface area contributed by atoms with Crippen LogP contribution in [0.15, 0.2) is 41.1 Å². The highest BCUT2D eigenvalue weighted by molar-refractivity contribution is 7.08. The monoisotopic (exact) mass is 251 g/mol. The van der Waals surface area contributed by atoms with Crippen LogP contribution in [0.5, 0.6) is 0 Å². The molecule has 1 aromatic heterocycles. The molecule has 3 nitrogen and oxygen atoms in total. The van der Waals surface area contributed by atoms with E-state index in [-0.39, 0.29) is 5.69 Å². The standard InChI is InChI=1S/C12H10FNO2S/c13-9-3-1-2-4-10(9)14-11(12(15)16)8-5-6-17-7-8/h1-7,11,14H,(H,15,16). The number of nitrogens with one attached hydrogen (secondary N) is 1. The van der Waals surface area contributed by atoms with Crippen LogP contribution in [0.1, 0.15) is 11.6 Å². The van der Waals surface area contributed by atoms with Crippen molar-refractivity contribution in [1.29, 1.82) is 0 Å². The normalized spacial score (nSPS) is 12.1. The number of anilines is 1. The zero-order valence-electron chi connectivity index (χ0n) is 8.76. The minimum atomic E-state index is -1.04. The Kier molecular flexibility index (Phi) is 3.39. The van der Waals surface area contributed by atoms with Crippen molar-refractivity contribution in [3.8, 4) is 0 Å². The van der Waals surface area contributed by atoms with Gasteiger partial charge in [-0.05, 0) is 34.5 Å². The first-order valence-electron chi connectivity index (χ1n) is 4.94. The number of hydrogen-bond donors (Lipinski definition) is 2. The summed E-state index contributed by atoms with van der Waals surface area (Å²) in [7, 11) is 0. The number of thiophene rings is 1. The van der Waals surface area contributed by atoms with Crippen molar-refractivity contribution in [1.82, 2.24) is 0 Å². The van der Waals surface area contributed by atoms with Gasteiger partial charge < -0.3 is 10.4 Å². The lowest BCUT2D eigenvalue weighted by atomic mass is 10.1. The fourth-order valence-electron chi connectivity index (χ4n) is 1.46. The van der Waals surface area contributed by atoms with Gasteiger partial charge in [-0.25, -0.2) is 9.18 Å². The van der Waals surface area contributed by atoms with Crippen molar-refractivity contribution < 1.29 is 14.3 Å². The molecule has 0 saturated heterocycles. The van der Waals surface area contributed by atoms with Gasteiger partial charge in [-0.1, -0.05) is 12.1 Å². The maximum atomic E-state index is 13.4. The summed E-state index contributed by atoms with van der Waals surface area (Å²) < 4.78 is 13.4. The fraction of sp³-hybridized carbons (Fsp3) is 0.0833. The van der Waals surface area contributed by atoms with Gasteiger partial charge in [0, 0.05) is 0 Å². The molecule has 88 valence electrons. The summed E-state index contributed by atoms with van der Waals surface area (Å²) in [6.45, 7) is 0. The Morgan fingerprint density at radius 1 is 1.35 bits per heavy atom. The third kappa shape index (κ3) is 2.62. The molecule has 1 aromatic carbocycles. The Labute approximate surface area is 102 Å². The van der Waals surface area contributed by atoms with Crippen LogP contribution in [-0.2, 0) is 4.79 Å². The van der Waals surface area contributed by atoms with E-state index in [4.69, 9.17) is 5.11 Å². The summed E-state index contributed by atoms with van der Waals surface area (Å²) in [5.74, 6) is -1.50. The van der Waals surface area contributed by atoms with Crippen molar-refractivity contribution in [2.45, 2.75) is 6.04 Å². The summed E-state index contributed by atoms with van der Waals surface area (Å²) in [6, 6.07) is 6.78. The van der Waals surface area contributed by atoms with E-state index in [9.17, 15) is 9.18 Å². The molecule has 2 N–H and O–H groups in total. The summed E-state index contributed by atoms with van der Waals surface area (Å²) >= 11 is 1.40. The summed E-state index contributed by atoms with van der Waals surface area (Å²) in [4.78, 5) is 11.1.